The monoisotopic (exact) mass is 767 g/mol. The maximum Gasteiger partial charge on any atom is 0.306 e. The molecule has 3 fully saturated rings. The summed E-state index contributed by atoms with van der Waals surface area (Å²) in [5, 5.41) is 0. The average molecular weight is 767 g/mol. The molecule has 0 amide bonds. The molecule has 0 saturated heterocycles. The van der Waals surface area contributed by atoms with Gasteiger partial charge >= 0.3 is 5.97 Å². The van der Waals surface area contributed by atoms with Gasteiger partial charge in [0.05, 0.1) is 13.2 Å². The van der Waals surface area contributed by atoms with E-state index in [0.717, 1.165) is 98.6 Å². The van der Waals surface area contributed by atoms with E-state index >= 15 is 0 Å². The fourth-order valence-corrected chi connectivity index (χ4v) is 12.1. The fourth-order valence-electron chi connectivity index (χ4n) is 12.1. The number of carbonyl (C=O) groups is 1. The van der Waals surface area contributed by atoms with Crippen LogP contribution in [0, 0.1) is 46.3 Å². The van der Waals surface area contributed by atoms with Crippen molar-refractivity contribution in [3.05, 3.63) is 60.2 Å². The molecule has 56 heavy (non-hydrogen) atoms. The van der Waals surface area contributed by atoms with Crippen molar-refractivity contribution in [1.29, 1.82) is 0 Å². The molecule has 0 aromatic heterocycles. The molecule has 0 radical (unpaired) electrons. The van der Waals surface area contributed by atoms with Gasteiger partial charge in [0.2, 0.25) is 0 Å². The van der Waals surface area contributed by atoms with Crippen molar-refractivity contribution in [2.45, 2.75) is 176 Å². The minimum absolute atomic E-state index is 0.00162. The highest BCUT2D eigenvalue weighted by Gasteiger charge is 2.59. The number of fused-ring (bicyclic) bond motifs is 5. The summed E-state index contributed by atoms with van der Waals surface area (Å²) in [6.45, 7) is 16.3. The fraction of sp³-hybridized carbons (Fsp3) is 0.712. The topological polar surface area (TPSA) is 44.8 Å². The first-order chi connectivity index (χ1) is 27.1. The minimum Gasteiger partial charge on any atom is -0.494 e. The van der Waals surface area contributed by atoms with Crippen molar-refractivity contribution in [2.75, 3.05) is 13.2 Å². The van der Waals surface area contributed by atoms with E-state index in [0.29, 0.717) is 23.9 Å². The molecule has 4 nitrogen and oxygen atoms in total. The van der Waals surface area contributed by atoms with Crippen molar-refractivity contribution in [2.24, 2.45) is 46.3 Å². The number of allylic oxidation sites excluding steroid dienone is 1. The van der Waals surface area contributed by atoms with Crippen LogP contribution in [0.2, 0.25) is 0 Å². The van der Waals surface area contributed by atoms with E-state index in [9.17, 15) is 4.79 Å². The lowest BCUT2D eigenvalue weighted by atomic mass is 9.47. The van der Waals surface area contributed by atoms with Crippen LogP contribution in [0.15, 0.2) is 60.2 Å². The van der Waals surface area contributed by atoms with Crippen LogP contribution in [0.4, 0.5) is 0 Å². The van der Waals surface area contributed by atoms with Crippen LogP contribution in [0.1, 0.15) is 170 Å². The predicted octanol–water partition coefficient (Wildman–Crippen LogP) is 14.6. The average Bonchev–Trinajstić information content (AvgIpc) is 3.55. The Balaban J connectivity index is 0.856. The van der Waals surface area contributed by atoms with Crippen LogP contribution < -0.4 is 9.47 Å². The SMILES string of the molecule is CCCCCCOc1ccc(-c2ccc(OCCCCCCC(=O)O[C@H]3CC[C@@]4(C)C(=CC[C@H]5[C@@H]6CC[C@H]([C@H](C)CCCC(C)C)[C@@]6(C)CC[C@@H]54)C3)cc2)cc1. The summed E-state index contributed by atoms with van der Waals surface area (Å²) in [4.78, 5) is 12.9. The van der Waals surface area contributed by atoms with Crippen LogP contribution in [-0.4, -0.2) is 25.3 Å². The molecule has 4 heteroatoms. The molecule has 2 aromatic carbocycles. The molecule has 4 aliphatic rings. The molecule has 0 bridgehead atoms. The number of hydrogen-bond acceptors (Lipinski definition) is 4. The van der Waals surface area contributed by atoms with Gasteiger partial charge in [0.25, 0.3) is 0 Å². The Morgan fingerprint density at radius 2 is 1.36 bits per heavy atom. The molecule has 310 valence electrons. The summed E-state index contributed by atoms with van der Waals surface area (Å²) in [7, 11) is 0. The van der Waals surface area contributed by atoms with Crippen LogP contribution in [0.3, 0.4) is 0 Å². The smallest absolute Gasteiger partial charge is 0.306 e. The quantitative estimate of drug-likeness (QED) is 0.0721. The molecule has 0 N–H and O–H groups in total. The normalized spacial score (nSPS) is 28.8. The molecule has 0 unspecified atom stereocenters. The van der Waals surface area contributed by atoms with E-state index < -0.39 is 0 Å². The molecular weight excluding hydrogens is 689 g/mol. The van der Waals surface area contributed by atoms with E-state index in [4.69, 9.17) is 14.2 Å². The van der Waals surface area contributed by atoms with Gasteiger partial charge in [-0.2, -0.15) is 0 Å². The summed E-state index contributed by atoms with van der Waals surface area (Å²) in [5.41, 5.74) is 4.81. The first-order valence-corrected chi connectivity index (χ1v) is 23.5. The van der Waals surface area contributed by atoms with Gasteiger partial charge in [-0.05, 0) is 146 Å². The Morgan fingerprint density at radius 3 is 2.00 bits per heavy atom. The second-order valence-corrected chi connectivity index (χ2v) is 19.6. The highest BCUT2D eigenvalue weighted by molar-refractivity contribution is 5.69. The highest BCUT2D eigenvalue weighted by atomic mass is 16.5. The Labute approximate surface area is 342 Å². The van der Waals surface area contributed by atoms with Crippen LogP contribution in [0.25, 0.3) is 11.1 Å². The molecule has 8 atom stereocenters. The third-order valence-electron chi connectivity index (χ3n) is 15.4. The summed E-state index contributed by atoms with van der Waals surface area (Å²) in [6, 6.07) is 16.8. The number of esters is 1. The van der Waals surface area contributed by atoms with Crippen molar-refractivity contribution < 1.29 is 19.0 Å². The van der Waals surface area contributed by atoms with Gasteiger partial charge in [0.1, 0.15) is 17.6 Å². The standard InChI is InChI=1S/C52H78O4/c1-7-8-9-13-35-54-43-24-19-40(20-25-43)41-21-26-44(27-22-41)55-36-14-11-10-12-18-50(53)56-45-31-33-51(5)42(37-45)23-28-46-48-30-29-47(39(4)17-15-16-38(2)3)52(48,6)34-32-49(46)51/h19-27,38-39,45-49H,7-18,28-37H2,1-6H3/t39-,45+,46+,47-,48+,49+,51+,52-/m1/s1. The summed E-state index contributed by atoms with van der Waals surface area (Å²) in [5.74, 6) is 6.99. The van der Waals surface area contributed by atoms with Gasteiger partial charge in [-0.3, -0.25) is 4.79 Å². The van der Waals surface area contributed by atoms with Gasteiger partial charge in [0.15, 0.2) is 0 Å². The lowest BCUT2D eigenvalue weighted by Crippen LogP contribution is -2.51. The maximum atomic E-state index is 12.9. The zero-order chi connectivity index (χ0) is 39.5. The van der Waals surface area contributed by atoms with Crippen LogP contribution >= 0.6 is 0 Å². The highest BCUT2D eigenvalue weighted by Crippen LogP contribution is 2.67. The molecule has 0 heterocycles. The molecule has 6 rings (SSSR count). The number of benzene rings is 2. The lowest BCUT2D eigenvalue weighted by Gasteiger charge is -2.58. The maximum absolute atomic E-state index is 12.9. The third kappa shape index (κ3) is 10.6. The second-order valence-electron chi connectivity index (χ2n) is 19.6. The molecule has 4 aliphatic carbocycles. The van der Waals surface area contributed by atoms with E-state index in [1.54, 1.807) is 5.57 Å². The Hall–Kier alpha value is -2.75. The molecule has 0 aliphatic heterocycles. The zero-order valence-electron chi connectivity index (χ0n) is 36.4. The van der Waals surface area contributed by atoms with E-state index in [-0.39, 0.29) is 12.1 Å². The Morgan fingerprint density at radius 1 is 0.714 bits per heavy atom. The largest absolute Gasteiger partial charge is 0.494 e. The van der Waals surface area contributed by atoms with Crippen molar-refractivity contribution in [3.63, 3.8) is 0 Å². The van der Waals surface area contributed by atoms with Gasteiger partial charge in [0, 0.05) is 12.8 Å². The number of unbranched alkanes of at least 4 members (excludes halogenated alkanes) is 6. The van der Waals surface area contributed by atoms with E-state index in [1.807, 2.05) is 0 Å². The predicted molar refractivity (Wildman–Crippen MR) is 233 cm³/mol. The first-order valence-electron chi connectivity index (χ1n) is 23.5. The van der Waals surface area contributed by atoms with Crippen molar-refractivity contribution in [3.8, 4) is 22.6 Å². The van der Waals surface area contributed by atoms with Gasteiger partial charge in [-0.15, -0.1) is 0 Å². The number of hydrogen-bond donors (Lipinski definition) is 0. The Bertz CT molecular complexity index is 1520. The van der Waals surface area contributed by atoms with E-state index in [1.165, 1.54) is 88.2 Å². The lowest BCUT2D eigenvalue weighted by molar-refractivity contribution is -0.151. The number of carbonyl (C=O) groups excluding carboxylic acids is 1. The molecule has 2 aromatic rings. The minimum atomic E-state index is 0.00162. The molecule has 3 saturated carbocycles. The van der Waals surface area contributed by atoms with Crippen LogP contribution in [-0.2, 0) is 9.53 Å². The van der Waals surface area contributed by atoms with Crippen LogP contribution in [0.5, 0.6) is 11.5 Å². The van der Waals surface area contributed by atoms with Gasteiger partial charge < -0.3 is 14.2 Å². The zero-order valence-corrected chi connectivity index (χ0v) is 36.4. The molecule has 0 spiro atoms. The van der Waals surface area contributed by atoms with Gasteiger partial charge in [-0.25, -0.2) is 0 Å². The van der Waals surface area contributed by atoms with Crippen molar-refractivity contribution >= 4 is 5.97 Å². The second kappa shape index (κ2) is 20.3. The van der Waals surface area contributed by atoms with Gasteiger partial charge in [-0.1, -0.05) is 129 Å². The molecular formula is C52H78O4. The first kappa shape index (κ1) is 42.8. The third-order valence-corrected chi connectivity index (χ3v) is 15.4. The summed E-state index contributed by atoms with van der Waals surface area (Å²) >= 11 is 0. The number of ether oxygens (including phenoxy) is 3. The summed E-state index contributed by atoms with van der Waals surface area (Å²) in [6.07, 6.45) is 26.4. The van der Waals surface area contributed by atoms with Crippen molar-refractivity contribution in [1.82, 2.24) is 0 Å². The van der Waals surface area contributed by atoms with E-state index in [2.05, 4.69) is 96.1 Å². The summed E-state index contributed by atoms with van der Waals surface area (Å²) < 4.78 is 18.1. The number of rotatable bonds is 21. The Kier molecular flexibility index (Phi) is 15.5.